The van der Waals surface area contributed by atoms with Crippen LogP contribution in [0.3, 0.4) is 0 Å². The number of nitrogens with zero attached hydrogens (tertiary/aromatic N) is 2. The summed E-state index contributed by atoms with van der Waals surface area (Å²) in [5.41, 5.74) is 1.86. The second-order valence-electron chi connectivity index (χ2n) is 2.99. The summed E-state index contributed by atoms with van der Waals surface area (Å²) in [7, 11) is 0. The van der Waals surface area contributed by atoms with E-state index in [0.29, 0.717) is 3.70 Å². The maximum Gasteiger partial charge on any atom is 0.298 e. The normalized spacial score (nSPS) is 10.6. The van der Waals surface area contributed by atoms with Gasteiger partial charge in [0.05, 0.1) is 5.27 Å². The highest BCUT2D eigenvalue weighted by molar-refractivity contribution is 14.1. The van der Waals surface area contributed by atoms with Gasteiger partial charge >= 0.3 is 0 Å². The fourth-order valence-electron chi connectivity index (χ4n) is 1.24. The third-order valence-corrected chi connectivity index (χ3v) is 3.34. The number of aryl methyl sites for hydroxylation is 1. The zero-order chi connectivity index (χ0) is 11.0. The van der Waals surface area contributed by atoms with Crippen molar-refractivity contribution in [3.8, 4) is 11.6 Å². The van der Waals surface area contributed by atoms with Crippen LogP contribution in [-0.2, 0) is 0 Å². The van der Waals surface area contributed by atoms with Gasteiger partial charge in [-0.05, 0) is 23.7 Å². The first-order valence-electron chi connectivity index (χ1n) is 4.10. The molecule has 0 amide bonds. The maximum atomic E-state index is 11.1. The van der Waals surface area contributed by atoms with Crippen LogP contribution >= 0.6 is 38.5 Å². The standard InChI is InChI=1S/C9H6BrIN2O2/c1-5-4-6(10)2-3-7(5)13-8(11)9(14)15-12-13/h2-4H,1H3. The summed E-state index contributed by atoms with van der Waals surface area (Å²) in [4.78, 5) is 0. The molecule has 0 atom stereocenters. The van der Waals surface area contributed by atoms with Crippen LogP contribution in [0.25, 0.3) is 5.69 Å². The van der Waals surface area contributed by atoms with Crippen LogP contribution in [0.4, 0.5) is 0 Å². The van der Waals surface area contributed by atoms with Crippen molar-refractivity contribution < 1.29 is 14.3 Å². The predicted molar refractivity (Wildman–Crippen MR) is 62.6 cm³/mol. The van der Waals surface area contributed by atoms with Crippen LogP contribution in [0, 0.1) is 10.6 Å². The Labute approximate surface area is 108 Å². The minimum Gasteiger partial charge on any atom is -0.538 e. The molecule has 2 rings (SSSR count). The molecule has 1 heterocycles. The molecular weight excluding hydrogens is 375 g/mol. The van der Waals surface area contributed by atoms with Crippen molar-refractivity contribution in [2.75, 3.05) is 0 Å². The topological polar surface area (TPSA) is 53.0 Å². The van der Waals surface area contributed by atoms with Crippen molar-refractivity contribution in [2.24, 2.45) is 0 Å². The Morgan fingerprint density at radius 3 is 2.80 bits per heavy atom. The van der Waals surface area contributed by atoms with Crippen LogP contribution in [0.1, 0.15) is 5.56 Å². The van der Waals surface area contributed by atoms with Gasteiger partial charge in [-0.2, -0.15) is 0 Å². The summed E-state index contributed by atoms with van der Waals surface area (Å²) in [6, 6.07) is 5.73. The molecular formula is C9H6BrIN2O2. The maximum absolute atomic E-state index is 11.1. The monoisotopic (exact) mass is 380 g/mol. The molecule has 1 aromatic heterocycles. The molecule has 2 aromatic rings. The second kappa shape index (κ2) is 4.09. The minimum atomic E-state index is -0.419. The Balaban J connectivity index is 2.59. The average Bonchev–Trinajstić information content (AvgIpc) is 2.49. The number of halogens is 2. The number of hydrogen-bond acceptors (Lipinski definition) is 3. The van der Waals surface area contributed by atoms with Gasteiger partial charge in [-0.15, -0.1) is 0 Å². The third kappa shape index (κ3) is 2.00. The zero-order valence-corrected chi connectivity index (χ0v) is 11.4. The van der Waals surface area contributed by atoms with Crippen molar-refractivity contribution in [2.45, 2.75) is 6.92 Å². The van der Waals surface area contributed by atoms with E-state index in [9.17, 15) is 5.11 Å². The summed E-state index contributed by atoms with van der Waals surface area (Å²) in [6.45, 7) is 1.95. The Hall–Kier alpha value is -0.630. The lowest BCUT2D eigenvalue weighted by Gasteiger charge is -1.96. The summed E-state index contributed by atoms with van der Waals surface area (Å²) in [5.74, 6) is -0.419. The second-order valence-corrected chi connectivity index (χ2v) is 4.93. The SMILES string of the molecule is Cc1cc(Br)ccc1-[n+]1noc([O-])c1I. The number of aromatic nitrogens is 2. The Morgan fingerprint density at radius 1 is 1.53 bits per heavy atom. The third-order valence-electron chi connectivity index (χ3n) is 1.95. The summed E-state index contributed by atoms with van der Waals surface area (Å²) >= 11 is 5.29. The molecule has 4 nitrogen and oxygen atoms in total. The van der Waals surface area contributed by atoms with Gasteiger partial charge in [0, 0.05) is 38.7 Å². The van der Waals surface area contributed by atoms with Crippen LogP contribution in [0.5, 0.6) is 5.95 Å². The molecule has 0 aliphatic carbocycles. The lowest BCUT2D eigenvalue weighted by atomic mass is 10.2. The van der Waals surface area contributed by atoms with E-state index in [1.54, 1.807) is 0 Å². The van der Waals surface area contributed by atoms with E-state index < -0.39 is 5.95 Å². The van der Waals surface area contributed by atoms with Crippen LogP contribution in [-0.4, -0.2) is 5.27 Å². The van der Waals surface area contributed by atoms with Gasteiger partial charge < -0.3 is 9.63 Å². The molecule has 0 spiro atoms. The first-order chi connectivity index (χ1) is 7.09. The predicted octanol–water partition coefficient (Wildman–Crippen LogP) is 1.70. The Kier molecular flexibility index (Phi) is 2.96. The van der Waals surface area contributed by atoms with Crippen molar-refractivity contribution in [3.63, 3.8) is 0 Å². The molecule has 0 aliphatic heterocycles. The Morgan fingerprint density at radius 2 is 2.27 bits per heavy atom. The van der Waals surface area contributed by atoms with Crippen LogP contribution in [0.2, 0.25) is 0 Å². The lowest BCUT2D eigenvalue weighted by Crippen LogP contribution is -2.36. The molecule has 0 aliphatic rings. The molecule has 0 unspecified atom stereocenters. The molecule has 6 heteroatoms. The van der Waals surface area contributed by atoms with Crippen molar-refractivity contribution >= 4 is 38.5 Å². The van der Waals surface area contributed by atoms with E-state index in [4.69, 9.17) is 0 Å². The smallest absolute Gasteiger partial charge is 0.298 e. The summed E-state index contributed by atoms with van der Waals surface area (Å²) in [5, 5.41) is 14.8. The first-order valence-corrected chi connectivity index (χ1v) is 5.98. The van der Waals surface area contributed by atoms with E-state index in [1.165, 1.54) is 4.68 Å². The molecule has 0 saturated heterocycles. The number of benzene rings is 1. The summed E-state index contributed by atoms with van der Waals surface area (Å²) in [6.07, 6.45) is 0. The van der Waals surface area contributed by atoms with Gasteiger partial charge in [0.15, 0.2) is 5.95 Å². The van der Waals surface area contributed by atoms with Gasteiger partial charge in [0.2, 0.25) is 5.69 Å². The van der Waals surface area contributed by atoms with E-state index in [2.05, 4.69) is 25.7 Å². The highest BCUT2D eigenvalue weighted by atomic mass is 127. The number of hydrogen-bond donors (Lipinski definition) is 0. The molecule has 78 valence electrons. The Bertz CT molecular complexity index is 513. The van der Waals surface area contributed by atoms with E-state index in [-0.39, 0.29) is 0 Å². The average molecular weight is 381 g/mol. The van der Waals surface area contributed by atoms with Crippen LogP contribution < -0.4 is 9.79 Å². The largest absolute Gasteiger partial charge is 0.538 e. The van der Waals surface area contributed by atoms with Crippen molar-refractivity contribution in [1.82, 2.24) is 5.27 Å². The molecule has 0 bridgehead atoms. The van der Waals surface area contributed by atoms with Crippen molar-refractivity contribution in [1.29, 1.82) is 0 Å². The highest BCUT2D eigenvalue weighted by Crippen LogP contribution is 2.18. The highest BCUT2D eigenvalue weighted by Gasteiger charge is 2.19. The lowest BCUT2D eigenvalue weighted by molar-refractivity contribution is -0.682. The minimum absolute atomic E-state index is 0.419. The summed E-state index contributed by atoms with van der Waals surface area (Å²) < 4.78 is 7.50. The van der Waals surface area contributed by atoms with Crippen molar-refractivity contribution in [3.05, 3.63) is 31.9 Å². The number of rotatable bonds is 1. The molecule has 0 radical (unpaired) electrons. The molecule has 1 aromatic carbocycles. The fourth-order valence-corrected chi connectivity index (χ4v) is 2.17. The van der Waals surface area contributed by atoms with Gasteiger partial charge in [-0.1, -0.05) is 15.9 Å². The molecule has 0 fully saturated rings. The fraction of sp³-hybridized carbons (Fsp3) is 0.111. The molecule has 15 heavy (non-hydrogen) atoms. The van der Waals surface area contributed by atoms with Crippen LogP contribution in [0.15, 0.2) is 27.2 Å². The van der Waals surface area contributed by atoms with Gasteiger partial charge in [-0.25, -0.2) is 0 Å². The van der Waals surface area contributed by atoms with E-state index >= 15 is 0 Å². The molecule has 0 N–H and O–H groups in total. The first kappa shape index (κ1) is 10.9. The van der Waals surface area contributed by atoms with E-state index in [1.807, 2.05) is 47.7 Å². The van der Waals surface area contributed by atoms with Gasteiger partial charge in [-0.3, -0.25) is 0 Å². The van der Waals surface area contributed by atoms with Gasteiger partial charge in [0.25, 0.3) is 3.70 Å². The molecule has 0 saturated carbocycles. The van der Waals surface area contributed by atoms with E-state index in [0.717, 1.165) is 15.7 Å². The quantitative estimate of drug-likeness (QED) is 0.559. The van der Waals surface area contributed by atoms with Gasteiger partial charge in [0.1, 0.15) is 0 Å². The zero-order valence-electron chi connectivity index (χ0n) is 7.70.